The molecule has 9 nitrogen and oxygen atoms in total. The Hall–Kier alpha value is -5.05. The van der Waals surface area contributed by atoms with Gasteiger partial charge in [0.25, 0.3) is 0 Å². The predicted octanol–water partition coefficient (Wildman–Crippen LogP) is 6.48. The Kier molecular flexibility index (Phi) is 9.77. The van der Waals surface area contributed by atoms with E-state index in [1.807, 2.05) is 37.3 Å². The summed E-state index contributed by atoms with van der Waals surface area (Å²) in [4.78, 5) is 30.5. The first-order valence-corrected chi connectivity index (χ1v) is 13.1. The van der Waals surface area contributed by atoms with Gasteiger partial charge in [-0.25, -0.2) is 9.78 Å². The highest BCUT2D eigenvalue weighted by atomic mass is 16.6. The van der Waals surface area contributed by atoms with Crippen molar-refractivity contribution in [1.29, 1.82) is 0 Å². The maximum Gasteiger partial charge on any atom is 0.416 e. The maximum atomic E-state index is 13.1. The number of ether oxygens (including phenoxy) is 3. The minimum atomic E-state index is -1.16. The van der Waals surface area contributed by atoms with Gasteiger partial charge in [0.05, 0.1) is 25.5 Å². The standard InChI is InChI=1S/C32H32N2O7/c1-4-8-29(34(21-30(35)36)32(37)41-27-17-15-25(38-3)16-18-27)23-11-13-26(14-12-23)39-20-19-28-22(2)40-31(33-28)24-9-6-5-7-10-24/h4-7,9-18,29H,1,8,19-21H2,2-3H3,(H,35,36). The van der Waals surface area contributed by atoms with Gasteiger partial charge < -0.3 is 23.7 Å². The van der Waals surface area contributed by atoms with Crippen LogP contribution in [0.1, 0.15) is 29.5 Å². The van der Waals surface area contributed by atoms with Crippen LogP contribution in [0.2, 0.25) is 0 Å². The van der Waals surface area contributed by atoms with Gasteiger partial charge in [-0.1, -0.05) is 36.4 Å². The lowest BCUT2D eigenvalue weighted by Gasteiger charge is -2.29. The quantitative estimate of drug-likeness (QED) is 0.186. The van der Waals surface area contributed by atoms with Crippen molar-refractivity contribution in [2.45, 2.75) is 25.8 Å². The number of hydrogen-bond donors (Lipinski definition) is 1. The Morgan fingerprint density at radius 2 is 1.66 bits per heavy atom. The van der Waals surface area contributed by atoms with Crippen molar-refractivity contribution in [2.75, 3.05) is 20.3 Å². The number of aryl methyl sites for hydroxylation is 1. The number of methoxy groups -OCH3 is 1. The van der Waals surface area contributed by atoms with Crippen LogP contribution < -0.4 is 14.2 Å². The summed E-state index contributed by atoms with van der Waals surface area (Å²) in [6.07, 6.45) is 1.73. The number of nitrogens with zero attached hydrogens (tertiary/aromatic N) is 2. The second-order valence-electron chi connectivity index (χ2n) is 9.16. The average molecular weight is 557 g/mol. The molecule has 1 atom stereocenters. The largest absolute Gasteiger partial charge is 0.497 e. The summed E-state index contributed by atoms with van der Waals surface area (Å²) in [7, 11) is 1.53. The van der Waals surface area contributed by atoms with E-state index >= 15 is 0 Å². The van der Waals surface area contributed by atoms with Gasteiger partial charge in [-0.3, -0.25) is 9.69 Å². The van der Waals surface area contributed by atoms with E-state index in [1.165, 1.54) is 12.0 Å². The molecule has 212 valence electrons. The molecule has 0 aliphatic rings. The molecule has 0 radical (unpaired) electrons. The van der Waals surface area contributed by atoms with Crippen LogP contribution in [0.25, 0.3) is 11.5 Å². The summed E-state index contributed by atoms with van der Waals surface area (Å²) in [6, 6.07) is 22.7. The fourth-order valence-corrected chi connectivity index (χ4v) is 4.27. The fourth-order valence-electron chi connectivity index (χ4n) is 4.27. The molecule has 4 rings (SSSR count). The van der Waals surface area contributed by atoms with Crippen LogP contribution in [-0.2, 0) is 11.2 Å². The van der Waals surface area contributed by atoms with Crippen molar-refractivity contribution in [2.24, 2.45) is 0 Å². The van der Waals surface area contributed by atoms with E-state index in [9.17, 15) is 14.7 Å². The van der Waals surface area contributed by atoms with Crippen molar-refractivity contribution in [3.05, 3.63) is 109 Å². The van der Waals surface area contributed by atoms with Crippen molar-refractivity contribution >= 4 is 12.1 Å². The van der Waals surface area contributed by atoms with Crippen LogP contribution in [0.4, 0.5) is 4.79 Å². The van der Waals surface area contributed by atoms with Crippen LogP contribution >= 0.6 is 0 Å². The van der Waals surface area contributed by atoms with E-state index in [-0.39, 0.29) is 5.75 Å². The first-order valence-electron chi connectivity index (χ1n) is 13.1. The molecule has 0 saturated heterocycles. The van der Waals surface area contributed by atoms with Gasteiger partial charge >= 0.3 is 12.1 Å². The van der Waals surface area contributed by atoms with Crippen molar-refractivity contribution in [3.8, 4) is 28.7 Å². The van der Waals surface area contributed by atoms with Crippen LogP contribution in [0.15, 0.2) is 95.9 Å². The molecule has 3 aromatic carbocycles. The highest BCUT2D eigenvalue weighted by molar-refractivity contribution is 5.78. The average Bonchev–Trinajstić information content (AvgIpc) is 3.36. The van der Waals surface area contributed by atoms with E-state index in [0.717, 1.165) is 17.0 Å². The normalized spacial score (nSPS) is 11.4. The lowest BCUT2D eigenvalue weighted by molar-refractivity contribution is -0.138. The lowest BCUT2D eigenvalue weighted by atomic mass is 10.0. The molecule has 0 spiro atoms. The van der Waals surface area contributed by atoms with Gasteiger partial charge in [-0.2, -0.15) is 0 Å². The number of benzene rings is 3. The van der Waals surface area contributed by atoms with Crippen LogP contribution in [-0.4, -0.2) is 47.3 Å². The van der Waals surface area contributed by atoms with Gasteiger partial charge in [-0.05, 0) is 67.4 Å². The summed E-state index contributed by atoms with van der Waals surface area (Å²) in [5.41, 5.74) is 2.45. The first kappa shape index (κ1) is 28.9. The number of carboxylic acids is 1. The van der Waals surface area contributed by atoms with Gasteiger partial charge in [0.2, 0.25) is 5.89 Å². The van der Waals surface area contributed by atoms with Gasteiger partial charge in [0.1, 0.15) is 29.6 Å². The molecule has 1 heterocycles. The Morgan fingerprint density at radius 1 is 1.00 bits per heavy atom. The molecule has 0 aliphatic carbocycles. The van der Waals surface area contributed by atoms with E-state index < -0.39 is 24.6 Å². The Morgan fingerprint density at radius 3 is 2.29 bits per heavy atom. The second kappa shape index (κ2) is 13.8. The summed E-state index contributed by atoms with van der Waals surface area (Å²) >= 11 is 0. The summed E-state index contributed by atoms with van der Waals surface area (Å²) in [6.45, 7) is 5.50. The minimum absolute atomic E-state index is 0.269. The number of rotatable bonds is 13. The first-order chi connectivity index (χ1) is 19.9. The number of carbonyl (C=O) groups excluding carboxylic acids is 1. The molecule has 9 heteroatoms. The zero-order valence-electron chi connectivity index (χ0n) is 23.0. The highest BCUT2D eigenvalue weighted by Gasteiger charge is 2.28. The zero-order chi connectivity index (χ0) is 29.2. The smallest absolute Gasteiger partial charge is 0.416 e. The molecule has 1 amide bonds. The molecule has 0 saturated carbocycles. The van der Waals surface area contributed by atoms with Crippen LogP contribution in [0.5, 0.6) is 17.2 Å². The van der Waals surface area contributed by atoms with Crippen LogP contribution in [0, 0.1) is 6.92 Å². The summed E-state index contributed by atoms with van der Waals surface area (Å²) in [5, 5.41) is 9.53. The number of carbonyl (C=O) groups is 2. The van der Waals surface area contributed by atoms with Crippen LogP contribution in [0.3, 0.4) is 0 Å². The van der Waals surface area contributed by atoms with E-state index in [1.54, 1.807) is 54.6 Å². The fraction of sp³-hybridized carbons (Fsp3) is 0.219. The molecule has 41 heavy (non-hydrogen) atoms. The van der Waals surface area contributed by atoms with Gasteiger partial charge in [-0.15, -0.1) is 6.58 Å². The third-order valence-corrected chi connectivity index (χ3v) is 6.36. The topological polar surface area (TPSA) is 111 Å². The second-order valence-corrected chi connectivity index (χ2v) is 9.16. The molecule has 0 aliphatic heterocycles. The summed E-state index contributed by atoms with van der Waals surface area (Å²) < 4.78 is 22.4. The molecule has 1 N–H and O–H groups in total. The van der Waals surface area contributed by atoms with Crippen molar-refractivity contribution in [3.63, 3.8) is 0 Å². The number of hydrogen-bond acceptors (Lipinski definition) is 7. The molecular formula is C32H32N2O7. The predicted molar refractivity (Wildman–Crippen MR) is 153 cm³/mol. The number of aliphatic carboxylic acids is 1. The molecule has 4 aromatic rings. The van der Waals surface area contributed by atoms with Crippen molar-refractivity contribution in [1.82, 2.24) is 9.88 Å². The Labute approximate surface area is 238 Å². The molecular weight excluding hydrogens is 524 g/mol. The Bertz CT molecular complexity index is 1450. The van der Waals surface area contributed by atoms with Gasteiger partial charge in [0, 0.05) is 12.0 Å². The number of aromatic nitrogens is 1. The molecule has 0 fully saturated rings. The number of amides is 1. The van der Waals surface area contributed by atoms with E-state index in [0.29, 0.717) is 42.4 Å². The maximum absolute atomic E-state index is 13.1. The lowest BCUT2D eigenvalue weighted by Crippen LogP contribution is -2.40. The number of carboxylic acid groups (broad SMARTS) is 1. The zero-order valence-corrected chi connectivity index (χ0v) is 23.0. The highest BCUT2D eigenvalue weighted by Crippen LogP contribution is 2.29. The van der Waals surface area contributed by atoms with Crippen molar-refractivity contribution < 1.29 is 33.3 Å². The molecule has 0 bridgehead atoms. The summed E-state index contributed by atoms with van der Waals surface area (Å²) in [5.74, 6) is 1.66. The van der Waals surface area contributed by atoms with E-state index in [4.69, 9.17) is 18.6 Å². The Balaban J connectivity index is 1.42. The van der Waals surface area contributed by atoms with E-state index in [2.05, 4.69) is 11.6 Å². The molecule has 1 unspecified atom stereocenters. The minimum Gasteiger partial charge on any atom is -0.497 e. The SMILES string of the molecule is C=CCC(c1ccc(OCCc2nc(-c3ccccc3)oc2C)cc1)N(CC(=O)O)C(=O)Oc1ccc(OC)cc1. The monoisotopic (exact) mass is 556 g/mol. The third-order valence-electron chi connectivity index (χ3n) is 6.36. The third kappa shape index (κ3) is 7.76. The van der Waals surface area contributed by atoms with Gasteiger partial charge in [0.15, 0.2) is 0 Å². The molecule has 1 aromatic heterocycles. The number of oxazole rings is 1.